The molecule has 2 N–H and O–H groups in total. The highest BCUT2D eigenvalue weighted by Gasteiger charge is 2.31. The molecular formula is C16H15FN2O3. The largest absolute Gasteiger partial charge is 0.451 e. The molecule has 3 rings (SSSR count). The first-order chi connectivity index (χ1) is 10.6. The number of hydrogen-bond donors (Lipinski definition) is 1. The van der Waals surface area contributed by atoms with E-state index in [1.165, 1.54) is 17.0 Å². The summed E-state index contributed by atoms with van der Waals surface area (Å²) in [5.74, 6) is -1.01. The summed E-state index contributed by atoms with van der Waals surface area (Å²) in [5, 5.41) is 0. The SMILES string of the molecule is NC(=O)[C@@H]1CCN(C(=O)c2ccc(-c3ccccc3F)o2)C1. The lowest BCUT2D eigenvalue weighted by atomic mass is 10.1. The number of nitrogens with two attached hydrogens (primary N) is 1. The monoisotopic (exact) mass is 302 g/mol. The van der Waals surface area contributed by atoms with Crippen LogP contribution >= 0.6 is 0 Å². The Hall–Kier alpha value is -2.63. The highest BCUT2D eigenvalue weighted by atomic mass is 19.1. The molecule has 0 aliphatic carbocycles. The minimum absolute atomic E-state index is 0.128. The van der Waals surface area contributed by atoms with Gasteiger partial charge in [-0.15, -0.1) is 0 Å². The van der Waals surface area contributed by atoms with E-state index in [4.69, 9.17) is 10.2 Å². The molecule has 0 saturated carbocycles. The maximum atomic E-state index is 13.7. The quantitative estimate of drug-likeness (QED) is 0.942. The summed E-state index contributed by atoms with van der Waals surface area (Å²) in [7, 11) is 0. The Morgan fingerprint density at radius 3 is 2.68 bits per heavy atom. The summed E-state index contributed by atoms with van der Waals surface area (Å²) in [6.45, 7) is 0.756. The van der Waals surface area contributed by atoms with Gasteiger partial charge in [-0.1, -0.05) is 12.1 Å². The Morgan fingerprint density at radius 1 is 1.23 bits per heavy atom. The summed E-state index contributed by atoms with van der Waals surface area (Å²) in [6, 6.07) is 9.27. The van der Waals surface area contributed by atoms with Crippen molar-refractivity contribution < 1.29 is 18.4 Å². The van der Waals surface area contributed by atoms with Crippen molar-refractivity contribution in [2.24, 2.45) is 11.7 Å². The van der Waals surface area contributed by atoms with Crippen LogP contribution in [-0.2, 0) is 4.79 Å². The Bertz CT molecular complexity index is 726. The molecule has 0 spiro atoms. The van der Waals surface area contributed by atoms with Gasteiger partial charge in [-0.25, -0.2) is 4.39 Å². The van der Waals surface area contributed by atoms with Gasteiger partial charge in [-0.2, -0.15) is 0 Å². The van der Waals surface area contributed by atoms with Crippen LogP contribution in [0.15, 0.2) is 40.8 Å². The molecule has 1 aliphatic heterocycles. The van der Waals surface area contributed by atoms with Crippen LogP contribution < -0.4 is 5.73 Å². The molecule has 2 amide bonds. The minimum Gasteiger partial charge on any atom is -0.451 e. The second-order valence-corrected chi connectivity index (χ2v) is 5.28. The second kappa shape index (κ2) is 5.63. The molecule has 6 heteroatoms. The van der Waals surface area contributed by atoms with Crippen LogP contribution in [0.25, 0.3) is 11.3 Å². The summed E-state index contributed by atoms with van der Waals surface area (Å²) < 4.78 is 19.2. The standard InChI is InChI=1S/C16H15FN2O3/c17-12-4-2-1-3-11(12)13-5-6-14(22-13)16(21)19-8-7-10(9-19)15(18)20/h1-6,10H,7-9H2,(H2,18,20)/t10-/m1/s1. The van der Waals surface area contributed by atoms with E-state index in [1.54, 1.807) is 24.3 Å². The molecule has 0 bridgehead atoms. The van der Waals surface area contributed by atoms with Crippen molar-refractivity contribution in [3.05, 3.63) is 48.0 Å². The first-order valence-corrected chi connectivity index (χ1v) is 6.99. The predicted octanol–water partition coefficient (Wildman–Crippen LogP) is 2.03. The summed E-state index contributed by atoms with van der Waals surface area (Å²) in [4.78, 5) is 25.0. The molecule has 114 valence electrons. The molecule has 1 saturated heterocycles. The van der Waals surface area contributed by atoms with Crippen molar-refractivity contribution >= 4 is 11.8 Å². The normalized spacial score (nSPS) is 17.7. The fraction of sp³-hybridized carbons (Fsp3) is 0.250. The lowest BCUT2D eigenvalue weighted by Gasteiger charge is -2.13. The van der Waals surface area contributed by atoms with Crippen LogP contribution in [0.2, 0.25) is 0 Å². The van der Waals surface area contributed by atoms with Crippen molar-refractivity contribution in [3.8, 4) is 11.3 Å². The number of carbonyl (C=O) groups is 2. The van der Waals surface area contributed by atoms with E-state index < -0.39 is 11.7 Å². The number of carbonyl (C=O) groups excluding carboxylic acids is 2. The van der Waals surface area contributed by atoms with Gasteiger partial charge < -0.3 is 15.1 Å². The van der Waals surface area contributed by atoms with Gasteiger partial charge in [-0.05, 0) is 30.7 Å². The van der Waals surface area contributed by atoms with Gasteiger partial charge in [-0.3, -0.25) is 9.59 Å². The van der Waals surface area contributed by atoms with Gasteiger partial charge in [0.2, 0.25) is 5.91 Å². The van der Waals surface area contributed by atoms with Crippen molar-refractivity contribution in [3.63, 3.8) is 0 Å². The average molecular weight is 302 g/mol. The van der Waals surface area contributed by atoms with Gasteiger partial charge in [0.25, 0.3) is 5.91 Å². The van der Waals surface area contributed by atoms with Crippen molar-refractivity contribution in [1.82, 2.24) is 4.90 Å². The highest BCUT2D eigenvalue weighted by Crippen LogP contribution is 2.26. The summed E-state index contributed by atoms with van der Waals surface area (Å²) in [6.07, 6.45) is 0.557. The number of benzene rings is 1. The molecule has 0 unspecified atom stereocenters. The lowest BCUT2D eigenvalue weighted by Crippen LogP contribution is -2.31. The van der Waals surface area contributed by atoms with E-state index >= 15 is 0 Å². The zero-order valence-corrected chi connectivity index (χ0v) is 11.8. The molecule has 1 atom stereocenters. The van der Waals surface area contributed by atoms with Gasteiger partial charge in [0.05, 0.1) is 11.5 Å². The van der Waals surface area contributed by atoms with E-state index in [0.717, 1.165) is 0 Å². The number of primary amides is 1. The molecule has 1 aliphatic rings. The smallest absolute Gasteiger partial charge is 0.289 e. The lowest BCUT2D eigenvalue weighted by molar-refractivity contribution is -0.121. The number of likely N-dealkylation sites (tertiary alicyclic amines) is 1. The Balaban J connectivity index is 1.78. The predicted molar refractivity (Wildman–Crippen MR) is 77.3 cm³/mol. The third kappa shape index (κ3) is 2.59. The van der Waals surface area contributed by atoms with Gasteiger partial charge in [0, 0.05) is 13.1 Å². The summed E-state index contributed by atoms with van der Waals surface area (Å²) >= 11 is 0. The van der Waals surface area contributed by atoms with Crippen LogP contribution in [0.1, 0.15) is 17.0 Å². The Morgan fingerprint density at radius 2 is 2.00 bits per heavy atom. The number of amides is 2. The zero-order chi connectivity index (χ0) is 15.7. The molecule has 1 fully saturated rings. The maximum absolute atomic E-state index is 13.7. The fourth-order valence-electron chi connectivity index (χ4n) is 2.59. The van der Waals surface area contributed by atoms with Crippen LogP contribution in [0, 0.1) is 11.7 Å². The minimum atomic E-state index is -0.411. The third-order valence-corrected chi connectivity index (χ3v) is 3.83. The molecule has 1 aromatic carbocycles. The maximum Gasteiger partial charge on any atom is 0.289 e. The van der Waals surface area contributed by atoms with E-state index in [9.17, 15) is 14.0 Å². The Kier molecular flexibility index (Phi) is 3.66. The molecule has 2 heterocycles. The van der Waals surface area contributed by atoms with Crippen molar-refractivity contribution in [2.45, 2.75) is 6.42 Å². The zero-order valence-electron chi connectivity index (χ0n) is 11.8. The number of hydrogen-bond acceptors (Lipinski definition) is 3. The topological polar surface area (TPSA) is 76.5 Å². The van der Waals surface area contributed by atoms with Crippen molar-refractivity contribution in [1.29, 1.82) is 0 Å². The molecular weight excluding hydrogens is 287 g/mol. The fourth-order valence-corrected chi connectivity index (χ4v) is 2.59. The van der Waals surface area contributed by atoms with Crippen molar-refractivity contribution in [2.75, 3.05) is 13.1 Å². The first kappa shape index (κ1) is 14.3. The molecule has 22 heavy (non-hydrogen) atoms. The first-order valence-electron chi connectivity index (χ1n) is 6.99. The van der Waals surface area contributed by atoms with E-state index in [2.05, 4.69) is 0 Å². The van der Waals surface area contributed by atoms with Crippen LogP contribution in [-0.4, -0.2) is 29.8 Å². The number of nitrogens with zero attached hydrogens (tertiary/aromatic N) is 1. The highest BCUT2D eigenvalue weighted by molar-refractivity contribution is 5.93. The van der Waals surface area contributed by atoms with Gasteiger partial charge >= 0.3 is 0 Å². The van der Waals surface area contributed by atoms with E-state index in [-0.39, 0.29) is 17.6 Å². The molecule has 0 radical (unpaired) electrons. The number of rotatable bonds is 3. The number of halogens is 1. The molecule has 2 aromatic rings. The van der Waals surface area contributed by atoms with E-state index in [1.807, 2.05) is 0 Å². The molecule has 1 aromatic heterocycles. The molecule has 5 nitrogen and oxygen atoms in total. The van der Waals surface area contributed by atoms with Crippen LogP contribution in [0.3, 0.4) is 0 Å². The van der Waals surface area contributed by atoms with Gasteiger partial charge in [0.1, 0.15) is 11.6 Å². The van der Waals surface area contributed by atoms with Gasteiger partial charge in [0.15, 0.2) is 5.76 Å². The van der Waals surface area contributed by atoms with E-state index in [0.29, 0.717) is 30.8 Å². The number of furan rings is 1. The second-order valence-electron chi connectivity index (χ2n) is 5.28. The summed E-state index contributed by atoms with van der Waals surface area (Å²) in [5.41, 5.74) is 5.56. The van der Waals surface area contributed by atoms with Crippen LogP contribution in [0.5, 0.6) is 0 Å². The Labute approximate surface area is 126 Å². The average Bonchev–Trinajstić information content (AvgIpc) is 3.17. The van der Waals surface area contributed by atoms with Crippen LogP contribution in [0.4, 0.5) is 4.39 Å². The third-order valence-electron chi connectivity index (χ3n) is 3.83.